The monoisotopic (exact) mass is 529 g/mol. The molecular formula is C36H39N3O. The van der Waals surface area contributed by atoms with Gasteiger partial charge in [-0.3, -0.25) is 0 Å². The maximum Gasteiger partial charge on any atom is 0.230 e. The van der Waals surface area contributed by atoms with E-state index in [1.54, 1.807) is 0 Å². The third kappa shape index (κ3) is 5.09. The summed E-state index contributed by atoms with van der Waals surface area (Å²) in [5.41, 5.74) is 5.00. The second-order valence-corrected chi connectivity index (χ2v) is 12.2. The van der Waals surface area contributed by atoms with E-state index in [4.69, 9.17) is 14.7 Å². The SMILES string of the molecule is CC(C)(C)C(NCc1ccccc1)C1=N[C@@]2(c3ccccc3)C(=NC(c3ccccc3)=C[C@H]2C2=CCCCC2)O1. The summed E-state index contributed by atoms with van der Waals surface area (Å²) in [7, 11) is 0. The lowest BCUT2D eigenvalue weighted by Gasteiger charge is -2.37. The molecule has 1 N–H and O–H groups in total. The number of ether oxygens (including phenoxy) is 1. The Balaban J connectivity index is 1.49. The molecule has 3 aromatic rings. The van der Waals surface area contributed by atoms with Crippen molar-refractivity contribution in [3.05, 3.63) is 125 Å². The van der Waals surface area contributed by atoms with Gasteiger partial charge in [0.15, 0.2) is 5.54 Å². The van der Waals surface area contributed by atoms with Gasteiger partial charge in [0.1, 0.15) is 0 Å². The molecule has 6 rings (SSSR count). The second-order valence-electron chi connectivity index (χ2n) is 12.2. The zero-order valence-electron chi connectivity index (χ0n) is 23.8. The van der Waals surface area contributed by atoms with E-state index in [-0.39, 0.29) is 17.4 Å². The van der Waals surface area contributed by atoms with Crippen molar-refractivity contribution < 1.29 is 4.74 Å². The smallest absolute Gasteiger partial charge is 0.230 e. The summed E-state index contributed by atoms with van der Waals surface area (Å²) in [6, 6.07) is 31.5. The van der Waals surface area contributed by atoms with Crippen LogP contribution in [0, 0.1) is 11.3 Å². The minimum Gasteiger partial charge on any atom is -0.424 e. The summed E-state index contributed by atoms with van der Waals surface area (Å²) in [5, 5.41) is 3.79. The number of rotatable bonds is 7. The van der Waals surface area contributed by atoms with Gasteiger partial charge in [0.05, 0.1) is 11.7 Å². The topological polar surface area (TPSA) is 46.0 Å². The fourth-order valence-electron chi connectivity index (χ4n) is 6.21. The first-order valence-electron chi connectivity index (χ1n) is 14.6. The lowest BCUT2D eigenvalue weighted by atomic mass is 9.70. The average Bonchev–Trinajstić information content (AvgIpc) is 3.38. The Hall–Kier alpha value is -3.76. The van der Waals surface area contributed by atoms with E-state index in [0.717, 1.165) is 42.1 Å². The van der Waals surface area contributed by atoms with Crippen molar-refractivity contribution in [1.82, 2.24) is 5.32 Å². The number of nitrogens with one attached hydrogen (secondary N) is 1. The van der Waals surface area contributed by atoms with Crippen LogP contribution in [0.3, 0.4) is 0 Å². The number of hydrogen-bond acceptors (Lipinski definition) is 4. The number of nitrogens with zero attached hydrogens (tertiary/aromatic N) is 2. The van der Waals surface area contributed by atoms with Crippen molar-refractivity contribution in [2.24, 2.45) is 21.3 Å². The van der Waals surface area contributed by atoms with Crippen molar-refractivity contribution in [2.45, 2.75) is 64.6 Å². The highest BCUT2D eigenvalue weighted by atomic mass is 16.5. The van der Waals surface area contributed by atoms with Gasteiger partial charge in [-0.05, 0) is 53.9 Å². The Kier molecular flexibility index (Phi) is 7.29. The first kappa shape index (κ1) is 26.5. The van der Waals surface area contributed by atoms with E-state index in [9.17, 15) is 0 Å². The lowest BCUT2D eigenvalue weighted by molar-refractivity contribution is 0.302. The molecule has 1 aliphatic carbocycles. The summed E-state index contributed by atoms with van der Waals surface area (Å²) in [4.78, 5) is 10.8. The van der Waals surface area contributed by atoms with E-state index in [0.29, 0.717) is 5.90 Å². The molecule has 204 valence electrons. The molecule has 1 unspecified atom stereocenters. The number of aliphatic imine (C=N–C) groups is 2. The molecule has 0 saturated carbocycles. The van der Waals surface area contributed by atoms with Crippen LogP contribution in [0.5, 0.6) is 0 Å². The van der Waals surface area contributed by atoms with Crippen LogP contribution in [-0.4, -0.2) is 17.8 Å². The van der Waals surface area contributed by atoms with Gasteiger partial charge in [0.25, 0.3) is 0 Å². The number of benzene rings is 3. The van der Waals surface area contributed by atoms with Gasteiger partial charge in [-0.15, -0.1) is 0 Å². The standard InChI is InChI=1S/C36H39N3O/c1-35(2,3)32(37-25-26-16-8-4-9-17-26)33-39-36(29-22-14-7-15-23-29)30(27-18-10-5-11-19-27)24-31(38-34(36)40-33)28-20-12-6-13-21-28/h4,6-9,12-18,20-24,30,32,37H,5,10-11,19,25H2,1-3H3/t30-,32?,36+/m0/s1. The highest BCUT2D eigenvalue weighted by Gasteiger charge is 2.55. The molecule has 0 saturated heterocycles. The van der Waals surface area contributed by atoms with Gasteiger partial charge in [-0.25, -0.2) is 9.98 Å². The third-order valence-corrected chi connectivity index (χ3v) is 8.29. The number of allylic oxidation sites excluding steroid dienone is 1. The molecular weight excluding hydrogens is 490 g/mol. The summed E-state index contributed by atoms with van der Waals surface area (Å²) in [6.07, 6.45) is 9.43. The first-order valence-corrected chi connectivity index (χ1v) is 14.6. The molecule has 4 heteroatoms. The molecule has 0 amide bonds. The third-order valence-electron chi connectivity index (χ3n) is 8.29. The Bertz CT molecular complexity index is 1450. The molecule has 2 aliphatic heterocycles. The Morgan fingerprint density at radius 2 is 1.57 bits per heavy atom. The van der Waals surface area contributed by atoms with E-state index >= 15 is 0 Å². The molecule has 40 heavy (non-hydrogen) atoms. The summed E-state index contributed by atoms with van der Waals surface area (Å²) < 4.78 is 6.84. The van der Waals surface area contributed by atoms with Crippen LogP contribution in [0.25, 0.3) is 5.70 Å². The number of fused-ring (bicyclic) bond motifs is 1. The van der Waals surface area contributed by atoms with Crippen molar-refractivity contribution in [1.29, 1.82) is 0 Å². The average molecular weight is 530 g/mol. The second kappa shape index (κ2) is 11.0. The fourth-order valence-corrected chi connectivity index (χ4v) is 6.21. The van der Waals surface area contributed by atoms with E-state index in [2.05, 4.69) is 129 Å². The Labute approximate surface area is 238 Å². The minimum atomic E-state index is -0.726. The van der Waals surface area contributed by atoms with Gasteiger partial charge in [0.2, 0.25) is 11.8 Å². The van der Waals surface area contributed by atoms with Crippen LogP contribution in [0.2, 0.25) is 0 Å². The van der Waals surface area contributed by atoms with Crippen molar-refractivity contribution in [3.63, 3.8) is 0 Å². The molecule has 0 bridgehead atoms. The summed E-state index contributed by atoms with van der Waals surface area (Å²) in [5.74, 6) is 1.43. The zero-order chi connectivity index (χ0) is 27.6. The molecule has 2 heterocycles. The maximum atomic E-state index is 6.84. The van der Waals surface area contributed by atoms with Gasteiger partial charge in [-0.1, -0.05) is 123 Å². The first-order chi connectivity index (χ1) is 19.4. The lowest BCUT2D eigenvalue weighted by Crippen LogP contribution is -2.46. The van der Waals surface area contributed by atoms with Crippen LogP contribution in [0.1, 0.15) is 63.1 Å². The molecule has 0 fully saturated rings. The molecule has 3 aliphatic rings. The van der Waals surface area contributed by atoms with E-state index in [1.807, 2.05) is 0 Å². The fraction of sp³-hybridized carbons (Fsp3) is 0.333. The van der Waals surface area contributed by atoms with Crippen LogP contribution >= 0.6 is 0 Å². The van der Waals surface area contributed by atoms with Crippen LogP contribution in [0.4, 0.5) is 0 Å². The van der Waals surface area contributed by atoms with E-state index in [1.165, 1.54) is 24.0 Å². The predicted octanol–water partition coefficient (Wildman–Crippen LogP) is 8.08. The van der Waals surface area contributed by atoms with Crippen molar-refractivity contribution in [2.75, 3.05) is 0 Å². The molecule has 0 aromatic heterocycles. The summed E-state index contributed by atoms with van der Waals surface area (Å²) in [6.45, 7) is 7.47. The van der Waals surface area contributed by atoms with Gasteiger partial charge in [-0.2, -0.15) is 0 Å². The Morgan fingerprint density at radius 1 is 0.900 bits per heavy atom. The van der Waals surface area contributed by atoms with E-state index < -0.39 is 5.54 Å². The van der Waals surface area contributed by atoms with Crippen molar-refractivity contribution >= 4 is 17.5 Å². The maximum absolute atomic E-state index is 6.84. The normalized spacial score (nSPS) is 23.2. The highest BCUT2D eigenvalue weighted by Crippen LogP contribution is 2.50. The molecule has 0 radical (unpaired) electrons. The van der Waals surface area contributed by atoms with Crippen LogP contribution in [-0.2, 0) is 16.8 Å². The van der Waals surface area contributed by atoms with Crippen LogP contribution in [0.15, 0.2) is 119 Å². The zero-order valence-corrected chi connectivity index (χ0v) is 23.8. The van der Waals surface area contributed by atoms with Crippen molar-refractivity contribution in [3.8, 4) is 0 Å². The molecule has 3 atom stereocenters. The number of hydrogen-bond donors (Lipinski definition) is 1. The van der Waals surface area contributed by atoms with Gasteiger partial charge >= 0.3 is 0 Å². The molecule has 4 nitrogen and oxygen atoms in total. The highest BCUT2D eigenvalue weighted by molar-refractivity contribution is 6.08. The minimum absolute atomic E-state index is 0.0325. The van der Waals surface area contributed by atoms with Gasteiger partial charge < -0.3 is 10.1 Å². The molecule has 0 spiro atoms. The largest absolute Gasteiger partial charge is 0.424 e. The van der Waals surface area contributed by atoms with Gasteiger partial charge in [0, 0.05) is 12.5 Å². The quantitative estimate of drug-likeness (QED) is 0.314. The Morgan fingerprint density at radius 3 is 2.23 bits per heavy atom. The predicted molar refractivity (Wildman–Crippen MR) is 165 cm³/mol. The van der Waals surface area contributed by atoms with Crippen LogP contribution < -0.4 is 5.32 Å². The summed E-state index contributed by atoms with van der Waals surface area (Å²) >= 11 is 0. The molecule has 3 aromatic carbocycles.